The molecule has 0 rings (SSSR count). The Balaban J connectivity index is 0. The van der Waals surface area contributed by atoms with E-state index in [1.165, 1.54) is 0 Å². The lowest BCUT2D eigenvalue weighted by atomic mass is 10.5. The van der Waals surface area contributed by atoms with Gasteiger partial charge >= 0.3 is 11.9 Å². The number of rotatable bonds is 4. The van der Waals surface area contributed by atoms with Gasteiger partial charge in [0.2, 0.25) is 0 Å². The van der Waals surface area contributed by atoms with Gasteiger partial charge in [-0.25, -0.2) is 4.79 Å². The summed E-state index contributed by atoms with van der Waals surface area (Å²) in [6.07, 6.45) is 0.480. The standard InChI is InChI=1S/C5H10O2.C4H8O3/c1-3-5(6)7-4-2;1-2-7-4(6)3-5/h3-4H2,1-2H3;5H,2-3H2,1H3. The number of hydrogen-bond donors (Lipinski definition) is 1. The van der Waals surface area contributed by atoms with Gasteiger partial charge in [-0.1, -0.05) is 6.92 Å². The number of carbonyl (C=O) groups is 2. The number of carbonyl (C=O) groups excluding carboxylic acids is 2. The average Bonchev–Trinajstić information content (AvgIpc) is 2.19. The maximum atomic E-state index is 10.2. The molecule has 0 aliphatic heterocycles. The highest BCUT2D eigenvalue weighted by Gasteiger charge is 1.92. The molecule has 0 aliphatic rings. The van der Waals surface area contributed by atoms with E-state index in [4.69, 9.17) is 5.11 Å². The van der Waals surface area contributed by atoms with Crippen LogP contribution in [0.1, 0.15) is 27.2 Å². The highest BCUT2D eigenvalue weighted by Crippen LogP contribution is 1.80. The van der Waals surface area contributed by atoms with Crippen molar-refractivity contribution in [3.8, 4) is 0 Å². The molecule has 0 aliphatic carbocycles. The molecule has 1 N–H and O–H groups in total. The summed E-state index contributed by atoms with van der Waals surface area (Å²) in [5, 5.41) is 7.99. The fourth-order valence-electron chi connectivity index (χ4n) is 0.470. The number of hydrogen-bond acceptors (Lipinski definition) is 5. The van der Waals surface area contributed by atoms with Crippen molar-refractivity contribution in [1.29, 1.82) is 0 Å². The topological polar surface area (TPSA) is 72.8 Å². The monoisotopic (exact) mass is 206 g/mol. The third-order valence-corrected chi connectivity index (χ3v) is 1.03. The van der Waals surface area contributed by atoms with Gasteiger partial charge < -0.3 is 14.6 Å². The fourth-order valence-corrected chi connectivity index (χ4v) is 0.470. The Labute approximate surface area is 84.0 Å². The number of esters is 2. The Bertz CT molecular complexity index is 137. The molecular formula is C9H18O5. The molecule has 14 heavy (non-hydrogen) atoms. The van der Waals surface area contributed by atoms with E-state index < -0.39 is 12.6 Å². The molecule has 0 unspecified atom stereocenters. The first-order valence-electron chi connectivity index (χ1n) is 4.54. The van der Waals surface area contributed by atoms with Crippen LogP contribution < -0.4 is 0 Å². The summed E-state index contributed by atoms with van der Waals surface area (Å²) >= 11 is 0. The first-order chi connectivity index (χ1) is 6.62. The van der Waals surface area contributed by atoms with Crippen LogP contribution in [0.5, 0.6) is 0 Å². The van der Waals surface area contributed by atoms with E-state index in [9.17, 15) is 9.59 Å². The van der Waals surface area contributed by atoms with Gasteiger partial charge in [-0.3, -0.25) is 4.79 Å². The summed E-state index contributed by atoms with van der Waals surface area (Å²) in [4.78, 5) is 20.1. The van der Waals surface area contributed by atoms with Crippen molar-refractivity contribution < 1.29 is 24.2 Å². The molecule has 5 heteroatoms. The van der Waals surface area contributed by atoms with Crippen molar-refractivity contribution in [2.75, 3.05) is 19.8 Å². The SMILES string of the molecule is CCOC(=O)CC.CCOC(=O)CO. The van der Waals surface area contributed by atoms with E-state index in [2.05, 4.69) is 9.47 Å². The first-order valence-corrected chi connectivity index (χ1v) is 4.54. The minimum atomic E-state index is -0.567. The number of aliphatic hydroxyl groups is 1. The molecule has 0 saturated carbocycles. The van der Waals surface area contributed by atoms with E-state index >= 15 is 0 Å². The van der Waals surface area contributed by atoms with Crippen molar-refractivity contribution >= 4 is 11.9 Å². The van der Waals surface area contributed by atoms with Crippen LogP contribution in [-0.2, 0) is 19.1 Å². The maximum Gasteiger partial charge on any atom is 0.331 e. The van der Waals surface area contributed by atoms with Crippen LogP contribution in [0, 0.1) is 0 Å². The third kappa shape index (κ3) is 13.5. The second-order valence-corrected chi connectivity index (χ2v) is 2.12. The highest BCUT2D eigenvalue weighted by atomic mass is 16.5. The smallest absolute Gasteiger partial charge is 0.331 e. The van der Waals surface area contributed by atoms with Crippen LogP contribution in [0.2, 0.25) is 0 Å². The van der Waals surface area contributed by atoms with Gasteiger partial charge in [-0.2, -0.15) is 0 Å². The molecule has 0 bridgehead atoms. The molecule has 84 valence electrons. The molecule has 5 nitrogen and oxygen atoms in total. The Hall–Kier alpha value is -1.10. The minimum Gasteiger partial charge on any atom is -0.466 e. The Kier molecular flexibility index (Phi) is 13.1. The largest absolute Gasteiger partial charge is 0.466 e. The van der Waals surface area contributed by atoms with Gasteiger partial charge in [-0.05, 0) is 13.8 Å². The fraction of sp³-hybridized carbons (Fsp3) is 0.778. The normalized spacial score (nSPS) is 8.29. The molecule has 0 spiro atoms. The minimum absolute atomic E-state index is 0.123. The zero-order valence-corrected chi connectivity index (χ0v) is 8.91. The maximum absolute atomic E-state index is 10.2. The van der Waals surface area contributed by atoms with Crippen LogP contribution in [0.25, 0.3) is 0 Å². The van der Waals surface area contributed by atoms with Crippen LogP contribution in [0.4, 0.5) is 0 Å². The molecule has 0 atom stereocenters. The molecule has 0 saturated heterocycles. The third-order valence-electron chi connectivity index (χ3n) is 1.03. The van der Waals surface area contributed by atoms with Crippen molar-refractivity contribution in [1.82, 2.24) is 0 Å². The van der Waals surface area contributed by atoms with E-state index in [-0.39, 0.29) is 5.97 Å². The predicted octanol–water partition coefficient (Wildman–Crippen LogP) is 0.501. The van der Waals surface area contributed by atoms with Crippen molar-refractivity contribution in [3.63, 3.8) is 0 Å². The van der Waals surface area contributed by atoms with Gasteiger partial charge in [0.1, 0.15) is 6.61 Å². The van der Waals surface area contributed by atoms with Crippen LogP contribution >= 0.6 is 0 Å². The predicted molar refractivity (Wildman–Crippen MR) is 50.6 cm³/mol. The van der Waals surface area contributed by atoms with E-state index in [0.29, 0.717) is 19.6 Å². The summed E-state index contributed by atoms with van der Waals surface area (Å²) in [6.45, 7) is 5.57. The van der Waals surface area contributed by atoms with Crippen LogP contribution in [0.15, 0.2) is 0 Å². The zero-order chi connectivity index (χ0) is 11.4. The Morgan fingerprint density at radius 3 is 1.57 bits per heavy atom. The number of ether oxygens (including phenoxy) is 2. The lowest BCUT2D eigenvalue weighted by molar-refractivity contribution is -0.146. The zero-order valence-electron chi connectivity index (χ0n) is 8.91. The number of aliphatic hydroxyl groups excluding tert-OH is 1. The van der Waals surface area contributed by atoms with Crippen LogP contribution in [0.3, 0.4) is 0 Å². The van der Waals surface area contributed by atoms with Gasteiger partial charge in [0.05, 0.1) is 13.2 Å². The lowest BCUT2D eigenvalue weighted by Gasteiger charge is -1.93. The summed E-state index contributed by atoms with van der Waals surface area (Å²) in [5.74, 6) is -0.690. The molecule has 0 radical (unpaired) electrons. The van der Waals surface area contributed by atoms with E-state index in [1.807, 2.05) is 0 Å². The summed E-state index contributed by atoms with van der Waals surface area (Å²) in [7, 11) is 0. The lowest BCUT2D eigenvalue weighted by Crippen LogP contribution is -2.07. The van der Waals surface area contributed by atoms with Crippen molar-refractivity contribution in [3.05, 3.63) is 0 Å². The summed E-state index contributed by atoms with van der Waals surface area (Å²) in [5.41, 5.74) is 0. The first kappa shape index (κ1) is 15.4. The average molecular weight is 206 g/mol. The van der Waals surface area contributed by atoms with Gasteiger partial charge in [-0.15, -0.1) is 0 Å². The summed E-state index contributed by atoms with van der Waals surface area (Å²) < 4.78 is 8.85. The molecule has 0 heterocycles. The molecule has 0 aromatic rings. The highest BCUT2D eigenvalue weighted by molar-refractivity contribution is 5.70. The molecule has 0 fully saturated rings. The Morgan fingerprint density at radius 1 is 1.00 bits per heavy atom. The van der Waals surface area contributed by atoms with Crippen molar-refractivity contribution in [2.45, 2.75) is 27.2 Å². The van der Waals surface area contributed by atoms with Gasteiger partial charge in [0.15, 0.2) is 0 Å². The van der Waals surface area contributed by atoms with E-state index in [0.717, 1.165) is 0 Å². The molecule has 0 aromatic heterocycles. The van der Waals surface area contributed by atoms with Crippen LogP contribution in [-0.4, -0.2) is 36.9 Å². The van der Waals surface area contributed by atoms with Crippen molar-refractivity contribution in [2.24, 2.45) is 0 Å². The second kappa shape index (κ2) is 11.9. The molecular weight excluding hydrogens is 188 g/mol. The quantitative estimate of drug-likeness (QED) is 0.678. The summed E-state index contributed by atoms with van der Waals surface area (Å²) in [6, 6.07) is 0. The second-order valence-electron chi connectivity index (χ2n) is 2.12. The molecule has 0 aromatic carbocycles. The molecule has 0 amide bonds. The Morgan fingerprint density at radius 2 is 1.43 bits per heavy atom. The van der Waals surface area contributed by atoms with E-state index in [1.54, 1.807) is 20.8 Å². The van der Waals surface area contributed by atoms with Gasteiger partial charge in [0.25, 0.3) is 0 Å². The van der Waals surface area contributed by atoms with Gasteiger partial charge in [0, 0.05) is 6.42 Å².